The number of furan rings is 1. The monoisotopic (exact) mass is 250 g/mol. The van der Waals surface area contributed by atoms with Gasteiger partial charge in [0.15, 0.2) is 0 Å². The standard InChI is InChI=1S/C14H22N2O2/c1-15-9-11-5-7-17-14(11)10-16-6-8-18-13-4-2-3-12(13)16/h5,7,12-13,15H,2-4,6,8-10H2,1H3. The Morgan fingerprint density at radius 3 is 3.28 bits per heavy atom. The molecule has 1 N–H and O–H groups in total. The van der Waals surface area contributed by atoms with Gasteiger partial charge in [0.25, 0.3) is 0 Å². The predicted octanol–water partition coefficient (Wildman–Crippen LogP) is 1.75. The largest absolute Gasteiger partial charge is 0.468 e. The van der Waals surface area contributed by atoms with Crippen LogP contribution >= 0.6 is 0 Å². The zero-order chi connectivity index (χ0) is 12.4. The van der Waals surface area contributed by atoms with E-state index in [1.165, 1.54) is 24.8 Å². The average molecular weight is 250 g/mol. The second-order valence-electron chi connectivity index (χ2n) is 5.28. The van der Waals surface area contributed by atoms with Crippen molar-refractivity contribution in [2.24, 2.45) is 0 Å². The molecular formula is C14H22N2O2. The SMILES string of the molecule is CNCc1ccoc1CN1CCOC2CCCC21. The molecule has 2 atom stereocenters. The third kappa shape index (κ3) is 2.32. The highest BCUT2D eigenvalue weighted by Crippen LogP contribution is 2.31. The van der Waals surface area contributed by atoms with Crippen LogP contribution in [0.25, 0.3) is 0 Å². The quantitative estimate of drug-likeness (QED) is 0.883. The first-order valence-corrected chi connectivity index (χ1v) is 6.94. The number of ether oxygens (including phenoxy) is 1. The Kier molecular flexibility index (Phi) is 3.68. The second kappa shape index (κ2) is 5.43. The molecular weight excluding hydrogens is 228 g/mol. The first kappa shape index (κ1) is 12.2. The first-order valence-electron chi connectivity index (χ1n) is 6.94. The van der Waals surface area contributed by atoms with Gasteiger partial charge in [0.2, 0.25) is 0 Å². The van der Waals surface area contributed by atoms with E-state index in [0.29, 0.717) is 12.1 Å². The third-order valence-corrected chi connectivity index (χ3v) is 4.15. The van der Waals surface area contributed by atoms with Crippen LogP contribution in [0.5, 0.6) is 0 Å². The van der Waals surface area contributed by atoms with Crippen LogP contribution in [0, 0.1) is 0 Å². The van der Waals surface area contributed by atoms with Crippen LogP contribution in [-0.4, -0.2) is 37.2 Å². The summed E-state index contributed by atoms with van der Waals surface area (Å²) in [6.45, 7) is 3.70. The van der Waals surface area contributed by atoms with Crippen LogP contribution in [-0.2, 0) is 17.8 Å². The van der Waals surface area contributed by atoms with Crippen molar-refractivity contribution in [2.45, 2.75) is 44.5 Å². The molecule has 1 aliphatic carbocycles. The highest BCUT2D eigenvalue weighted by atomic mass is 16.5. The molecule has 18 heavy (non-hydrogen) atoms. The maximum atomic E-state index is 5.84. The summed E-state index contributed by atoms with van der Waals surface area (Å²) in [4.78, 5) is 2.54. The van der Waals surface area contributed by atoms with Crippen LogP contribution < -0.4 is 5.32 Å². The van der Waals surface area contributed by atoms with Gasteiger partial charge in [-0.25, -0.2) is 0 Å². The summed E-state index contributed by atoms with van der Waals surface area (Å²) in [5.74, 6) is 1.11. The molecule has 2 aliphatic rings. The summed E-state index contributed by atoms with van der Waals surface area (Å²) in [5, 5.41) is 3.19. The zero-order valence-corrected chi connectivity index (χ0v) is 11.0. The Morgan fingerprint density at radius 2 is 2.39 bits per heavy atom. The Morgan fingerprint density at radius 1 is 1.44 bits per heavy atom. The molecule has 2 heterocycles. The van der Waals surface area contributed by atoms with E-state index >= 15 is 0 Å². The van der Waals surface area contributed by atoms with E-state index in [1.807, 2.05) is 7.05 Å². The number of hydrogen-bond acceptors (Lipinski definition) is 4. The molecule has 4 nitrogen and oxygen atoms in total. The topological polar surface area (TPSA) is 37.6 Å². The summed E-state index contributed by atoms with van der Waals surface area (Å²) in [6, 6.07) is 2.67. The average Bonchev–Trinajstić information content (AvgIpc) is 3.00. The first-order chi connectivity index (χ1) is 8.88. The summed E-state index contributed by atoms with van der Waals surface area (Å²) in [7, 11) is 1.97. The molecule has 1 saturated heterocycles. The van der Waals surface area contributed by atoms with E-state index < -0.39 is 0 Å². The molecule has 0 aromatic carbocycles. The van der Waals surface area contributed by atoms with Gasteiger partial charge in [0.05, 0.1) is 25.5 Å². The lowest BCUT2D eigenvalue weighted by Gasteiger charge is -2.37. The molecule has 2 fully saturated rings. The highest BCUT2D eigenvalue weighted by Gasteiger charge is 2.36. The molecule has 1 saturated carbocycles. The lowest BCUT2D eigenvalue weighted by Crippen LogP contribution is -2.47. The summed E-state index contributed by atoms with van der Waals surface area (Å²) < 4.78 is 11.5. The maximum absolute atomic E-state index is 5.84. The van der Waals surface area contributed by atoms with E-state index in [1.54, 1.807) is 6.26 Å². The van der Waals surface area contributed by atoms with Gasteiger partial charge >= 0.3 is 0 Å². The Labute approximate surface area is 108 Å². The highest BCUT2D eigenvalue weighted by molar-refractivity contribution is 5.17. The van der Waals surface area contributed by atoms with Crippen LogP contribution in [0.15, 0.2) is 16.7 Å². The fourth-order valence-corrected chi connectivity index (χ4v) is 3.24. The summed E-state index contributed by atoms with van der Waals surface area (Å²) in [5.41, 5.74) is 1.28. The molecule has 1 aromatic heterocycles. The third-order valence-electron chi connectivity index (χ3n) is 4.15. The van der Waals surface area contributed by atoms with Gasteiger partial charge in [-0.3, -0.25) is 4.90 Å². The number of hydrogen-bond donors (Lipinski definition) is 1. The predicted molar refractivity (Wildman–Crippen MR) is 69.3 cm³/mol. The van der Waals surface area contributed by atoms with Crippen molar-refractivity contribution in [1.82, 2.24) is 10.2 Å². The summed E-state index contributed by atoms with van der Waals surface area (Å²) in [6.07, 6.45) is 6.05. The number of nitrogens with zero attached hydrogens (tertiary/aromatic N) is 1. The fraction of sp³-hybridized carbons (Fsp3) is 0.714. The van der Waals surface area contributed by atoms with Crippen molar-refractivity contribution in [1.29, 1.82) is 0 Å². The zero-order valence-electron chi connectivity index (χ0n) is 11.0. The normalized spacial score (nSPS) is 28.5. The minimum Gasteiger partial charge on any atom is -0.468 e. The van der Waals surface area contributed by atoms with E-state index in [-0.39, 0.29) is 0 Å². The molecule has 1 aliphatic heterocycles. The minimum absolute atomic E-state index is 0.460. The molecule has 3 rings (SSSR count). The number of fused-ring (bicyclic) bond motifs is 1. The van der Waals surface area contributed by atoms with Crippen LogP contribution in [0.4, 0.5) is 0 Å². The van der Waals surface area contributed by atoms with Crippen LogP contribution in [0.1, 0.15) is 30.6 Å². The van der Waals surface area contributed by atoms with Gasteiger partial charge < -0.3 is 14.5 Å². The number of morpholine rings is 1. The van der Waals surface area contributed by atoms with Crippen molar-refractivity contribution >= 4 is 0 Å². The summed E-state index contributed by atoms with van der Waals surface area (Å²) >= 11 is 0. The van der Waals surface area contributed by atoms with Crippen molar-refractivity contribution in [3.63, 3.8) is 0 Å². The van der Waals surface area contributed by atoms with Crippen molar-refractivity contribution in [3.8, 4) is 0 Å². The Bertz CT molecular complexity index is 391. The van der Waals surface area contributed by atoms with Gasteiger partial charge in [-0.15, -0.1) is 0 Å². The Hall–Kier alpha value is -0.840. The van der Waals surface area contributed by atoms with Crippen molar-refractivity contribution in [2.75, 3.05) is 20.2 Å². The molecule has 0 spiro atoms. The van der Waals surface area contributed by atoms with Crippen molar-refractivity contribution in [3.05, 3.63) is 23.7 Å². The minimum atomic E-state index is 0.460. The molecule has 0 bridgehead atoms. The Balaban J connectivity index is 1.69. The van der Waals surface area contributed by atoms with E-state index in [4.69, 9.17) is 9.15 Å². The van der Waals surface area contributed by atoms with Gasteiger partial charge in [0.1, 0.15) is 5.76 Å². The second-order valence-corrected chi connectivity index (χ2v) is 5.28. The molecule has 1 aromatic rings. The van der Waals surface area contributed by atoms with Crippen molar-refractivity contribution < 1.29 is 9.15 Å². The number of nitrogens with one attached hydrogen (secondary N) is 1. The molecule has 0 amide bonds. The smallest absolute Gasteiger partial charge is 0.122 e. The van der Waals surface area contributed by atoms with Gasteiger partial charge in [-0.05, 0) is 32.4 Å². The molecule has 4 heteroatoms. The number of rotatable bonds is 4. The molecule has 100 valence electrons. The lowest BCUT2D eigenvalue weighted by atomic mass is 10.1. The lowest BCUT2D eigenvalue weighted by molar-refractivity contribution is -0.0607. The van der Waals surface area contributed by atoms with E-state index in [0.717, 1.165) is 32.0 Å². The van der Waals surface area contributed by atoms with Gasteiger partial charge in [0, 0.05) is 24.7 Å². The van der Waals surface area contributed by atoms with Crippen LogP contribution in [0.2, 0.25) is 0 Å². The van der Waals surface area contributed by atoms with E-state index in [9.17, 15) is 0 Å². The molecule has 0 radical (unpaired) electrons. The van der Waals surface area contributed by atoms with Gasteiger partial charge in [-0.2, -0.15) is 0 Å². The maximum Gasteiger partial charge on any atom is 0.122 e. The van der Waals surface area contributed by atoms with Gasteiger partial charge in [-0.1, -0.05) is 0 Å². The van der Waals surface area contributed by atoms with Crippen LogP contribution in [0.3, 0.4) is 0 Å². The van der Waals surface area contributed by atoms with E-state index in [2.05, 4.69) is 16.3 Å². The molecule has 2 unspecified atom stereocenters. The fourth-order valence-electron chi connectivity index (χ4n) is 3.24.